The quantitative estimate of drug-likeness (QED) is 0.558. The van der Waals surface area contributed by atoms with Crippen molar-refractivity contribution >= 4 is 17.6 Å². The lowest BCUT2D eigenvalue weighted by atomic mass is 9.80. The average molecular weight is 362 g/mol. The molecular formula is C20H30N2O4. The normalized spacial score (nSPS) is 15.7. The summed E-state index contributed by atoms with van der Waals surface area (Å²) in [5.74, 6) is -2.38. The maximum absolute atomic E-state index is 12.2. The number of carbonyl (C=O) groups excluding carboxylic acids is 1. The van der Waals surface area contributed by atoms with E-state index in [9.17, 15) is 14.7 Å². The van der Waals surface area contributed by atoms with Crippen molar-refractivity contribution in [2.75, 3.05) is 12.8 Å². The summed E-state index contributed by atoms with van der Waals surface area (Å²) in [5, 5.41) is 12.5. The number of benzene rings is 1. The van der Waals surface area contributed by atoms with Crippen molar-refractivity contribution in [1.82, 2.24) is 5.32 Å². The van der Waals surface area contributed by atoms with Gasteiger partial charge in [-0.25, -0.2) is 9.59 Å². The number of carboxylic acid groups (broad SMARTS) is 1. The standard InChI is InChI=1S/C16H18N2O4.2C2H6/c1-8-12(15(19)20)14(10-5-4-6-11(17)7-10)13(9(2)18-8)16(21)22-3;2*1-2/h4-7,14,18H,17H2,1-3H3,(H,19,20);2*1-2H3. The van der Waals surface area contributed by atoms with Crippen LogP contribution in [0.25, 0.3) is 0 Å². The van der Waals surface area contributed by atoms with Crippen LogP contribution in [0.1, 0.15) is 53.0 Å². The summed E-state index contributed by atoms with van der Waals surface area (Å²) in [6.07, 6.45) is 0. The predicted octanol–water partition coefficient (Wildman–Crippen LogP) is 3.81. The topological polar surface area (TPSA) is 102 Å². The third-order valence-corrected chi connectivity index (χ3v) is 3.64. The lowest BCUT2D eigenvalue weighted by Gasteiger charge is -2.29. The summed E-state index contributed by atoms with van der Waals surface area (Å²) >= 11 is 0. The van der Waals surface area contributed by atoms with Crippen molar-refractivity contribution in [2.45, 2.75) is 47.5 Å². The molecule has 26 heavy (non-hydrogen) atoms. The number of nitrogens with two attached hydrogens (primary N) is 1. The van der Waals surface area contributed by atoms with Gasteiger partial charge in [-0.3, -0.25) is 0 Å². The van der Waals surface area contributed by atoms with E-state index in [-0.39, 0.29) is 11.1 Å². The van der Waals surface area contributed by atoms with Gasteiger partial charge in [0.2, 0.25) is 0 Å². The highest BCUT2D eigenvalue weighted by molar-refractivity contribution is 5.99. The molecule has 1 unspecified atom stereocenters. The van der Waals surface area contributed by atoms with E-state index in [0.717, 1.165) is 0 Å². The fourth-order valence-electron chi connectivity index (χ4n) is 2.73. The van der Waals surface area contributed by atoms with Gasteiger partial charge in [0, 0.05) is 17.1 Å². The minimum absolute atomic E-state index is 0.108. The number of esters is 1. The van der Waals surface area contributed by atoms with Crippen LogP contribution in [0.15, 0.2) is 46.8 Å². The maximum atomic E-state index is 12.2. The number of ether oxygens (including phenoxy) is 1. The monoisotopic (exact) mass is 362 g/mol. The van der Waals surface area contributed by atoms with E-state index in [1.165, 1.54) is 7.11 Å². The predicted molar refractivity (Wildman–Crippen MR) is 104 cm³/mol. The van der Waals surface area contributed by atoms with Crippen molar-refractivity contribution < 1.29 is 19.4 Å². The molecule has 6 nitrogen and oxygen atoms in total. The molecule has 0 fully saturated rings. The van der Waals surface area contributed by atoms with Gasteiger partial charge >= 0.3 is 11.9 Å². The third kappa shape index (κ3) is 5.12. The Labute approximate surface area is 155 Å². The van der Waals surface area contributed by atoms with E-state index in [4.69, 9.17) is 10.5 Å². The molecule has 0 radical (unpaired) electrons. The number of dihydropyridines is 1. The minimum Gasteiger partial charge on any atom is -0.478 e. The van der Waals surface area contributed by atoms with Crippen molar-refractivity contribution in [3.8, 4) is 0 Å². The Morgan fingerprint density at radius 2 is 1.62 bits per heavy atom. The lowest BCUT2D eigenvalue weighted by molar-refractivity contribution is -0.136. The number of carboxylic acids is 1. The molecule has 144 valence electrons. The zero-order valence-corrected chi connectivity index (χ0v) is 16.6. The second kappa shape index (κ2) is 11.0. The first-order valence-electron chi connectivity index (χ1n) is 8.72. The fraction of sp³-hybridized carbons (Fsp3) is 0.400. The van der Waals surface area contributed by atoms with Crippen molar-refractivity contribution in [1.29, 1.82) is 0 Å². The van der Waals surface area contributed by atoms with Crippen LogP contribution in [0, 0.1) is 0 Å². The van der Waals surface area contributed by atoms with Crippen LogP contribution >= 0.6 is 0 Å². The van der Waals surface area contributed by atoms with Gasteiger partial charge in [0.25, 0.3) is 0 Å². The molecule has 1 heterocycles. The van der Waals surface area contributed by atoms with E-state index in [1.54, 1.807) is 38.1 Å². The minimum atomic E-state index is -1.09. The number of methoxy groups -OCH3 is 1. The molecule has 1 atom stereocenters. The molecule has 1 aliphatic rings. The number of rotatable bonds is 3. The van der Waals surface area contributed by atoms with E-state index in [2.05, 4.69) is 5.32 Å². The van der Waals surface area contributed by atoms with Crippen molar-refractivity contribution in [3.63, 3.8) is 0 Å². The number of anilines is 1. The summed E-state index contributed by atoms with van der Waals surface area (Å²) in [7, 11) is 1.27. The lowest BCUT2D eigenvalue weighted by Crippen LogP contribution is -2.31. The van der Waals surface area contributed by atoms with Crippen LogP contribution in [-0.4, -0.2) is 24.2 Å². The van der Waals surface area contributed by atoms with Gasteiger partial charge < -0.3 is 20.9 Å². The summed E-state index contributed by atoms with van der Waals surface area (Å²) in [6.45, 7) is 11.4. The highest BCUT2D eigenvalue weighted by Crippen LogP contribution is 2.39. The van der Waals surface area contributed by atoms with Gasteiger partial charge in [0.05, 0.1) is 24.2 Å². The SMILES string of the molecule is CC.CC.COC(=O)C1=C(C)NC(C)=C(C(=O)O)C1c1cccc(N)c1. The first kappa shape index (κ1) is 23.2. The molecule has 0 aliphatic carbocycles. The van der Waals surface area contributed by atoms with E-state index >= 15 is 0 Å². The summed E-state index contributed by atoms with van der Waals surface area (Å²) in [6, 6.07) is 6.85. The molecule has 1 aromatic rings. The molecule has 0 spiro atoms. The second-order valence-corrected chi connectivity index (χ2v) is 5.10. The molecule has 0 saturated carbocycles. The smallest absolute Gasteiger partial charge is 0.336 e. The number of allylic oxidation sites excluding steroid dienone is 2. The average Bonchev–Trinajstić information content (AvgIpc) is 2.63. The Morgan fingerprint density at radius 1 is 1.08 bits per heavy atom. The molecule has 0 bridgehead atoms. The molecule has 6 heteroatoms. The van der Waals surface area contributed by atoms with Crippen LogP contribution in [0.4, 0.5) is 5.69 Å². The van der Waals surface area contributed by atoms with E-state index in [0.29, 0.717) is 22.6 Å². The van der Waals surface area contributed by atoms with Crippen LogP contribution in [-0.2, 0) is 14.3 Å². The first-order valence-corrected chi connectivity index (χ1v) is 8.72. The molecular weight excluding hydrogens is 332 g/mol. The number of nitrogen functional groups attached to an aromatic ring is 1. The van der Waals surface area contributed by atoms with Gasteiger partial charge in [-0.1, -0.05) is 39.8 Å². The van der Waals surface area contributed by atoms with E-state index < -0.39 is 17.9 Å². The molecule has 0 aromatic heterocycles. The number of hydrogen-bond donors (Lipinski definition) is 3. The number of aliphatic carboxylic acids is 1. The third-order valence-electron chi connectivity index (χ3n) is 3.64. The summed E-state index contributed by atoms with van der Waals surface area (Å²) in [4.78, 5) is 23.8. The zero-order valence-electron chi connectivity index (χ0n) is 16.6. The first-order chi connectivity index (χ1) is 12.4. The molecule has 4 N–H and O–H groups in total. The van der Waals surface area contributed by atoms with Crippen molar-refractivity contribution in [2.24, 2.45) is 0 Å². The summed E-state index contributed by atoms with van der Waals surface area (Å²) < 4.78 is 4.82. The fourth-order valence-corrected chi connectivity index (χ4v) is 2.73. The Hall–Kier alpha value is -2.76. The number of carbonyl (C=O) groups is 2. The molecule has 0 saturated heterocycles. The Kier molecular flexibility index (Phi) is 9.81. The van der Waals surface area contributed by atoms with Crippen molar-refractivity contribution in [3.05, 3.63) is 52.4 Å². The van der Waals surface area contributed by atoms with Crippen LogP contribution in [0.5, 0.6) is 0 Å². The Balaban J connectivity index is 0.00000146. The highest BCUT2D eigenvalue weighted by Gasteiger charge is 2.36. The Bertz CT molecular complexity index is 706. The van der Waals surface area contributed by atoms with Crippen LogP contribution < -0.4 is 11.1 Å². The second-order valence-electron chi connectivity index (χ2n) is 5.10. The molecule has 2 rings (SSSR count). The molecule has 0 amide bonds. The maximum Gasteiger partial charge on any atom is 0.336 e. The molecule has 1 aromatic carbocycles. The van der Waals surface area contributed by atoms with E-state index in [1.807, 2.05) is 27.7 Å². The molecule has 1 aliphatic heterocycles. The Morgan fingerprint density at radius 3 is 2.08 bits per heavy atom. The van der Waals surface area contributed by atoms with Crippen LogP contribution in [0.3, 0.4) is 0 Å². The largest absolute Gasteiger partial charge is 0.478 e. The number of nitrogens with one attached hydrogen (secondary N) is 1. The summed E-state index contributed by atoms with van der Waals surface area (Å²) in [5.41, 5.74) is 8.38. The highest BCUT2D eigenvalue weighted by atomic mass is 16.5. The van der Waals surface area contributed by atoms with Gasteiger partial charge in [-0.2, -0.15) is 0 Å². The zero-order chi connectivity index (χ0) is 20.4. The van der Waals surface area contributed by atoms with Gasteiger partial charge in [-0.05, 0) is 31.5 Å². The van der Waals surface area contributed by atoms with Gasteiger partial charge in [0.15, 0.2) is 0 Å². The number of hydrogen-bond acceptors (Lipinski definition) is 5. The van der Waals surface area contributed by atoms with Gasteiger partial charge in [0.1, 0.15) is 0 Å². The van der Waals surface area contributed by atoms with Crippen LogP contribution in [0.2, 0.25) is 0 Å². The van der Waals surface area contributed by atoms with Gasteiger partial charge in [-0.15, -0.1) is 0 Å².